The summed E-state index contributed by atoms with van der Waals surface area (Å²) in [6, 6.07) is 3.53. The van der Waals surface area contributed by atoms with Gasteiger partial charge in [-0.1, -0.05) is 11.8 Å². The molecule has 2 rings (SSSR count). The van der Waals surface area contributed by atoms with Crippen LogP contribution in [0.1, 0.15) is 6.92 Å². The molecule has 0 amide bonds. The van der Waals surface area contributed by atoms with E-state index in [0.717, 1.165) is 4.90 Å². The normalized spacial score (nSPS) is 10.2. The second-order valence-corrected chi connectivity index (χ2v) is 4.52. The predicted molar refractivity (Wildman–Crippen MR) is 71.2 cm³/mol. The van der Waals surface area contributed by atoms with E-state index < -0.39 is 4.92 Å². The minimum Gasteiger partial charge on any atom is -0.354 e. The fraction of sp³-hybridized carbons (Fsp3) is 0.182. The molecule has 2 aromatic rings. The monoisotopic (exact) mass is 277 g/mol. The van der Waals surface area contributed by atoms with Crippen molar-refractivity contribution in [1.29, 1.82) is 0 Å². The highest BCUT2D eigenvalue weighted by Gasteiger charge is 2.18. The third-order valence-electron chi connectivity index (χ3n) is 2.13. The molecule has 7 nitrogen and oxygen atoms in total. The summed E-state index contributed by atoms with van der Waals surface area (Å²) in [5, 5.41) is 14.2. The van der Waals surface area contributed by atoms with E-state index in [4.69, 9.17) is 0 Å². The van der Waals surface area contributed by atoms with Crippen LogP contribution < -0.4 is 5.32 Å². The van der Waals surface area contributed by atoms with Crippen LogP contribution in [0, 0.1) is 10.1 Å². The molecule has 0 saturated heterocycles. The van der Waals surface area contributed by atoms with Crippen molar-refractivity contribution in [2.45, 2.75) is 16.8 Å². The SMILES string of the molecule is CCNc1ncc([N+](=O)[O-])c(Sc2ccncc2)n1. The second-order valence-electron chi connectivity index (χ2n) is 3.46. The molecule has 0 atom stereocenters. The Morgan fingerprint density at radius 1 is 1.42 bits per heavy atom. The molecule has 2 aromatic heterocycles. The minimum absolute atomic E-state index is 0.108. The molecule has 0 radical (unpaired) electrons. The maximum Gasteiger partial charge on any atom is 0.320 e. The molecule has 0 aromatic carbocycles. The Balaban J connectivity index is 2.35. The summed E-state index contributed by atoms with van der Waals surface area (Å²) < 4.78 is 0. The lowest BCUT2D eigenvalue weighted by atomic mass is 10.5. The minimum atomic E-state index is -0.487. The molecule has 19 heavy (non-hydrogen) atoms. The van der Waals surface area contributed by atoms with Crippen molar-refractivity contribution >= 4 is 23.4 Å². The second kappa shape index (κ2) is 6.10. The summed E-state index contributed by atoms with van der Waals surface area (Å²) >= 11 is 1.21. The number of nitrogens with zero attached hydrogens (tertiary/aromatic N) is 4. The van der Waals surface area contributed by atoms with Gasteiger partial charge in [-0.05, 0) is 19.1 Å². The van der Waals surface area contributed by atoms with E-state index in [1.165, 1.54) is 18.0 Å². The zero-order valence-electron chi connectivity index (χ0n) is 10.1. The maximum atomic E-state index is 11.0. The first-order chi connectivity index (χ1) is 9.20. The van der Waals surface area contributed by atoms with Crippen LogP contribution in [0.15, 0.2) is 40.6 Å². The van der Waals surface area contributed by atoms with Crippen molar-refractivity contribution in [1.82, 2.24) is 15.0 Å². The Kier molecular flexibility index (Phi) is 4.24. The molecular weight excluding hydrogens is 266 g/mol. The van der Waals surface area contributed by atoms with Gasteiger partial charge in [0, 0.05) is 23.8 Å². The molecule has 0 aliphatic carbocycles. The number of pyridine rings is 1. The smallest absolute Gasteiger partial charge is 0.320 e. The Morgan fingerprint density at radius 3 is 2.79 bits per heavy atom. The van der Waals surface area contributed by atoms with E-state index in [1.807, 2.05) is 6.92 Å². The van der Waals surface area contributed by atoms with Gasteiger partial charge in [0.15, 0.2) is 5.03 Å². The predicted octanol–water partition coefficient (Wildman–Crippen LogP) is 2.36. The van der Waals surface area contributed by atoms with Crippen LogP contribution in [0.5, 0.6) is 0 Å². The largest absolute Gasteiger partial charge is 0.354 e. The quantitative estimate of drug-likeness (QED) is 0.509. The first-order valence-electron chi connectivity index (χ1n) is 5.54. The third-order valence-corrected chi connectivity index (χ3v) is 3.13. The third kappa shape index (κ3) is 3.38. The van der Waals surface area contributed by atoms with Gasteiger partial charge >= 0.3 is 5.69 Å². The Hall–Kier alpha value is -2.22. The topological polar surface area (TPSA) is 93.8 Å². The molecular formula is C11H11N5O2S. The molecule has 0 fully saturated rings. The number of anilines is 1. The van der Waals surface area contributed by atoms with Crippen LogP contribution in [-0.2, 0) is 0 Å². The number of nitro groups is 1. The summed E-state index contributed by atoms with van der Waals surface area (Å²) in [6.45, 7) is 2.55. The molecule has 8 heteroatoms. The standard InChI is InChI=1S/C11H11N5O2S/c1-2-13-11-14-7-9(16(17)18)10(15-11)19-8-3-5-12-6-4-8/h3-7H,2H2,1H3,(H,13,14,15). The molecule has 0 spiro atoms. The summed E-state index contributed by atoms with van der Waals surface area (Å²) in [6.07, 6.45) is 4.47. The van der Waals surface area contributed by atoms with Gasteiger partial charge in [-0.25, -0.2) is 4.98 Å². The van der Waals surface area contributed by atoms with Crippen LogP contribution in [0.4, 0.5) is 11.6 Å². The van der Waals surface area contributed by atoms with Crippen molar-refractivity contribution in [3.8, 4) is 0 Å². The van der Waals surface area contributed by atoms with E-state index in [-0.39, 0.29) is 5.69 Å². The number of rotatable bonds is 5. The molecule has 1 N–H and O–H groups in total. The molecule has 0 saturated carbocycles. The van der Waals surface area contributed by atoms with E-state index in [1.54, 1.807) is 24.5 Å². The van der Waals surface area contributed by atoms with Crippen molar-refractivity contribution in [3.63, 3.8) is 0 Å². The Labute approximate surface area is 113 Å². The van der Waals surface area contributed by atoms with E-state index in [0.29, 0.717) is 17.5 Å². The zero-order chi connectivity index (χ0) is 13.7. The molecule has 0 bridgehead atoms. The highest BCUT2D eigenvalue weighted by atomic mass is 32.2. The van der Waals surface area contributed by atoms with Gasteiger partial charge in [-0.15, -0.1) is 0 Å². The van der Waals surface area contributed by atoms with Gasteiger partial charge < -0.3 is 5.32 Å². The van der Waals surface area contributed by atoms with Gasteiger partial charge in [-0.2, -0.15) is 4.98 Å². The van der Waals surface area contributed by atoms with Crippen LogP contribution in [0.3, 0.4) is 0 Å². The van der Waals surface area contributed by atoms with Gasteiger partial charge in [0.25, 0.3) is 0 Å². The highest BCUT2D eigenvalue weighted by Crippen LogP contribution is 2.32. The number of hydrogen-bond acceptors (Lipinski definition) is 7. The van der Waals surface area contributed by atoms with Gasteiger partial charge in [0.1, 0.15) is 6.20 Å². The average molecular weight is 277 g/mol. The van der Waals surface area contributed by atoms with Crippen LogP contribution in [-0.4, -0.2) is 26.4 Å². The van der Waals surface area contributed by atoms with Crippen LogP contribution in [0.25, 0.3) is 0 Å². The van der Waals surface area contributed by atoms with Gasteiger partial charge in [0.2, 0.25) is 5.95 Å². The van der Waals surface area contributed by atoms with Crippen LogP contribution >= 0.6 is 11.8 Å². The number of hydrogen-bond donors (Lipinski definition) is 1. The fourth-order valence-corrected chi connectivity index (χ4v) is 2.17. The summed E-state index contributed by atoms with van der Waals surface area (Å²) in [5.41, 5.74) is -0.108. The highest BCUT2D eigenvalue weighted by molar-refractivity contribution is 7.99. The fourth-order valence-electron chi connectivity index (χ4n) is 1.32. The lowest BCUT2D eigenvalue weighted by Crippen LogP contribution is -2.04. The van der Waals surface area contributed by atoms with Crippen molar-refractivity contribution < 1.29 is 4.92 Å². The molecule has 98 valence electrons. The Bertz CT molecular complexity index is 579. The summed E-state index contributed by atoms with van der Waals surface area (Å²) in [7, 11) is 0. The van der Waals surface area contributed by atoms with Crippen molar-refractivity contribution in [2.24, 2.45) is 0 Å². The van der Waals surface area contributed by atoms with E-state index in [9.17, 15) is 10.1 Å². The van der Waals surface area contributed by atoms with E-state index in [2.05, 4.69) is 20.3 Å². The number of nitrogens with one attached hydrogen (secondary N) is 1. The first kappa shape index (κ1) is 13.2. The van der Waals surface area contributed by atoms with E-state index >= 15 is 0 Å². The lowest BCUT2D eigenvalue weighted by Gasteiger charge is -2.05. The molecule has 0 unspecified atom stereocenters. The molecule has 0 aliphatic rings. The Morgan fingerprint density at radius 2 is 2.16 bits per heavy atom. The van der Waals surface area contributed by atoms with Crippen LogP contribution in [0.2, 0.25) is 0 Å². The average Bonchev–Trinajstić information content (AvgIpc) is 2.40. The summed E-state index contributed by atoms with van der Waals surface area (Å²) in [5.74, 6) is 0.379. The van der Waals surface area contributed by atoms with Crippen molar-refractivity contribution in [3.05, 3.63) is 40.8 Å². The van der Waals surface area contributed by atoms with Gasteiger partial charge in [0.05, 0.1) is 4.92 Å². The molecule has 0 aliphatic heterocycles. The molecule has 2 heterocycles. The van der Waals surface area contributed by atoms with Gasteiger partial charge in [-0.3, -0.25) is 15.1 Å². The maximum absolute atomic E-state index is 11.0. The first-order valence-corrected chi connectivity index (χ1v) is 6.35. The zero-order valence-corrected chi connectivity index (χ0v) is 10.9. The van der Waals surface area contributed by atoms with Crippen molar-refractivity contribution in [2.75, 3.05) is 11.9 Å². The number of aromatic nitrogens is 3. The summed E-state index contributed by atoms with van der Waals surface area (Å²) in [4.78, 5) is 23.3. The lowest BCUT2D eigenvalue weighted by molar-refractivity contribution is -0.388.